The van der Waals surface area contributed by atoms with Crippen LogP contribution in [0.1, 0.15) is 37.7 Å². The highest BCUT2D eigenvalue weighted by Gasteiger charge is 2.32. The van der Waals surface area contributed by atoms with E-state index in [2.05, 4.69) is 15.9 Å². The van der Waals surface area contributed by atoms with E-state index in [1.165, 1.54) is 0 Å². The number of hydrogen-bond donors (Lipinski definition) is 0. The Hall–Kier alpha value is -1.42. The minimum Gasteiger partial charge on any atom is -0.311 e. The highest BCUT2D eigenvalue weighted by Crippen LogP contribution is 2.34. The van der Waals surface area contributed by atoms with Crippen LogP contribution in [0.4, 0.5) is 0 Å². The number of allylic oxidation sites excluding steroid dienone is 2. The second-order valence-corrected chi connectivity index (χ2v) is 6.13. The summed E-state index contributed by atoms with van der Waals surface area (Å²) in [5.74, 6) is 0.366. The Bertz CT molecular complexity index is 606. The molecule has 0 unspecified atom stereocenters. The van der Waals surface area contributed by atoms with Gasteiger partial charge in [-0.1, -0.05) is 34.1 Å². The minimum atomic E-state index is 0.134. The number of ketones is 1. The molecule has 0 saturated carbocycles. The summed E-state index contributed by atoms with van der Waals surface area (Å²) in [6.07, 6.45) is 3.42. The van der Waals surface area contributed by atoms with Crippen LogP contribution in [0.2, 0.25) is 0 Å². The molecule has 1 heterocycles. The van der Waals surface area contributed by atoms with E-state index in [9.17, 15) is 9.59 Å². The Morgan fingerprint density at radius 1 is 1.05 bits per heavy atom. The molecule has 0 fully saturated rings. The number of hydrogen-bond acceptors (Lipinski definition) is 2. The first kappa shape index (κ1) is 13.6. The molecule has 1 aromatic rings. The fourth-order valence-electron chi connectivity index (χ4n) is 2.96. The smallest absolute Gasteiger partial charge is 0.227 e. The van der Waals surface area contributed by atoms with E-state index in [1.807, 2.05) is 29.2 Å². The van der Waals surface area contributed by atoms with Gasteiger partial charge in [-0.25, -0.2) is 0 Å². The molecule has 0 bridgehead atoms. The molecule has 3 rings (SSSR count). The van der Waals surface area contributed by atoms with Gasteiger partial charge >= 0.3 is 0 Å². The van der Waals surface area contributed by atoms with Crippen LogP contribution >= 0.6 is 15.9 Å². The maximum absolute atomic E-state index is 12.2. The van der Waals surface area contributed by atoms with Crippen LogP contribution in [0.5, 0.6) is 0 Å². The molecule has 1 aliphatic heterocycles. The molecule has 1 aromatic carbocycles. The van der Waals surface area contributed by atoms with Crippen molar-refractivity contribution < 1.29 is 9.59 Å². The van der Waals surface area contributed by atoms with E-state index < -0.39 is 0 Å². The predicted octanol–water partition coefficient (Wildman–Crippen LogP) is 3.58. The van der Waals surface area contributed by atoms with E-state index in [-0.39, 0.29) is 11.7 Å². The van der Waals surface area contributed by atoms with E-state index in [1.54, 1.807) is 0 Å². The van der Waals surface area contributed by atoms with Crippen molar-refractivity contribution in [3.05, 3.63) is 45.6 Å². The van der Waals surface area contributed by atoms with Crippen LogP contribution in [-0.4, -0.2) is 16.6 Å². The molecule has 1 aliphatic carbocycles. The molecule has 0 atom stereocenters. The van der Waals surface area contributed by atoms with Gasteiger partial charge in [0.1, 0.15) is 0 Å². The highest BCUT2D eigenvalue weighted by molar-refractivity contribution is 9.10. The lowest BCUT2D eigenvalue weighted by molar-refractivity contribution is -0.131. The molecule has 0 saturated heterocycles. The number of carbonyl (C=O) groups is 2. The molecule has 0 N–H and O–H groups in total. The Balaban J connectivity index is 1.94. The van der Waals surface area contributed by atoms with E-state index >= 15 is 0 Å². The second-order valence-electron chi connectivity index (χ2n) is 5.27. The van der Waals surface area contributed by atoms with E-state index in [4.69, 9.17) is 0 Å². The van der Waals surface area contributed by atoms with Crippen molar-refractivity contribution in [3.8, 4) is 0 Å². The van der Waals surface area contributed by atoms with Crippen molar-refractivity contribution in [1.29, 1.82) is 0 Å². The monoisotopic (exact) mass is 333 g/mol. The SMILES string of the molecule is O=C1CCCC2=C1CCC(=O)N2Cc1ccccc1Br. The second kappa shape index (κ2) is 5.52. The first-order valence-corrected chi connectivity index (χ1v) is 7.75. The van der Waals surface area contributed by atoms with Crippen molar-refractivity contribution >= 4 is 27.6 Å². The summed E-state index contributed by atoms with van der Waals surface area (Å²) in [4.78, 5) is 26.0. The molecule has 0 aromatic heterocycles. The molecular formula is C16H16BrNO2. The summed E-state index contributed by atoms with van der Waals surface area (Å²) in [6, 6.07) is 7.91. The van der Waals surface area contributed by atoms with Crippen molar-refractivity contribution in [1.82, 2.24) is 4.90 Å². The van der Waals surface area contributed by atoms with Gasteiger partial charge in [0.2, 0.25) is 5.91 Å². The molecule has 4 heteroatoms. The van der Waals surface area contributed by atoms with Gasteiger partial charge in [-0.2, -0.15) is 0 Å². The maximum Gasteiger partial charge on any atom is 0.227 e. The van der Waals surface area contributed by atoms with Gasteiger partial charge in [0, 0.05) is 28.6 Å². The molecule has 0 radical (unpaired) electrons. The van der Waals surface area contributed by atoms with Gasteiger partial charge in [0.05, 0.1) is 6.54 Å². The summed E-state index contributed by atoms with van der Waals surface area (Å²) in [7, 11) is 0. The largest absolute Gasteiger partial charge is 0.311 e. The average molecular weight is 334 g/mol. The third-order valence-corrected chi connectivity index (χ3v) is 4.78. The van der Waals surface area contributed by atoms with E-state index in [0.717, 1.165) is 34.1 Å². The lowest BCUT2D eigenvalue weighted by Crippen LogP contribution is -2.36. The van der Waals surface area contributed by atoms with Gasteiger partial charge in [0.25, 0.3) is 0 Å². The van der Waals surface area contributed by atoms with Crippen molar-refractivity contribution in [3.63, 3.8) is 0 Å². The zero-order valence-corrected chi connectivity index (χ0v) is 12.8. The van der Waals surface area contributed by atoms with Crippen molar-refractivity contribution in [2.45, 2.75) is 38.6 Å². The third kappa shape index (κ3) is 2.44. The molecule has 0 spiro atoms. The van der Waals surface area contributed by atoms with Crippen LogP contribution in [0.15, 0.2) is 40.0 Å². The fraction of sp³-hybridized carbons (Fsp3) is 0.375. The number of carbonyl (C=O) groups excluding carboxylic acids is 2. The first-order valence-electron chi connectivity index (χ1n) is 6.96. The Morgan fingerprint density at radius 3 is 2.65 bits per heavy atom. The van der Waals surface area contributed by atoms with Gasteiger partial charge in [0.15, 0.2) is 5.78 Å². The van der Waals surface area contributed by atoms with Crippen molar-refractivity contribution in [2.24, 2.45) is 0 Å². The van der Waals surface area contributed by atoms with Crippen LogP contribution in [-0.2, 0) is 16.1 Å². The quantitative estimate of drug-likeness (QED) is 0.829. The summed E-state index contributed by atoms with van der Waals surface area (Å²) in [6.45, 7) is 0.548. The number of benzene rings is 1. The summed E-state index contributed by atoms with van der Waals surface area (Å²) >= 11 is 3.52. The summed E-state index contributed by atoms with van der Waals surface area (Å²) < 4.78 is 1.00. The number of amides is 1. The van der Waals surface area contributed by atoms with Gasteiger partial charge in [-0.3, -0.25) is 9.59 Å². The lowest BCUT2D eigenvalue weighted by Gasteiger charge is -2.34. The minimum absolute atomic E-state index is 0.134. The molecular weight excluding hydrogens is 318 g/mol. The molecule has 1 amide bonds. The first-order chi connectivity index (χ1) is 9.66. The number of nitrogens with zero attached hydrogens (tertiary/aromatic N) is 1. The zero-order chi connectivity index (χ0) is 14.1. The highest BCUT2D eigenvalue weighted by atomic mass is 79.9. The van der Waals surface area contributed by atoms with Gasteiger partial charge in [-0.15, -0.1) is 0 Å². The fourth-order valence-corrected chi connectivity index (χ4v) is 3.37. The van der Waals surface area contributed by atoms with Crippen LogP contribution in [0.3, 0.4) is 0 Å². The van der Waals surface area contributed by atoms with Crippen LogP contribution < -0.4 is 0 Å². The number of Topliss-reactive ketones (excluding diaryl/α,β-unsaturated/α-hetero) is 1. The Kier molecular flexibility index (Phi) is 3.74. The summed E-state index contributed by atoms with van der Waals surface area (Å²) in [5.41, 5.74) is 2.93. The Labute approximate surface area is 126 Å². The molecule has 20 heavy (non-hydrogen) atoms. The molecule has 104 valence electrons. The standard InChI is InChI=1S/C16H16BrNO2/c17-13-5-2-1-4-11(13)10-18-14-6-3-7-15(19)12(14)8-9-16(18)20/h1-2,4-5H,3,6-10H2. The van der Waals surface area contributed by atoms with Crippen molar-refractivity contribution in [2.75, 3.05) is 0 Å². The zero-order valence-electron chi connectivity index (χ0n) is 11.2. The number of halogens is 1. The molecule has 3 nitrogen and oxygen atoms in total. The van der Waals surface area contributed by atoms with Crippen LogP contribution in [0, 0.1) is 0 Å². The normalized spacial score (nSPS) is 19.4. The Morgan fingerprint density at radius 2 is 1.85 bits per heavy atom. The average Bonchev–Trinajstić information content (AvgIpc) is 2.44. The lowest BCUT2D eigenvalue weighted by atomic mass is 9.88. The third-order valence-electron chi connectivity index (χ3n) is 4.00. The predicted molar refractivity (Wildman–Crippen MR) is 79.8 cm³/mol. The van der Waals surface area contributed by atoms with Gasteiger partial charge < -0.3 is 4.90 Å². The number of rotatable bonds is 2. The van der Waals surface area contributed by atoms with Gasteiger partial charge in [-0.05, 0) is 30.9 Å². The molecule has 2 aliphatic rings. The van der Waals surface area contributed by atoms with Crippen LogP contribution in [0.25, 0.3) is 0 Å². The summed E-state index contributed by atoms with van der Waals surface area (Å²) in [5, 5.41) is 0. The maximum atomic E-state index is 12.2. The topological polar surface area (TPSA) is 37.4 Å². The van der Waals surface area contributed by atoms with E-state index in [0.29, 0.717) is 25.8 Å².